The largest absolute Gasteiger partial charge is 1.00 e. The van der Waals surface area contributed by atoms with Gasteiger partial charge < -0.3 is 51.4 Å². The van der Waals surface area contributed by atoms with E-state index in [0.717, 1.165) is 25.7 Å². The van der Waals surface area contributed by atoms with Gasteiger partial charge in [-0.05, 0) is 92.9 Å². The van der Waals surface area contributed by atoms with Crippen molar-refractivity contribution in [1.29, 1.82) is 0 Å². The van der Waals surface area contributed by atoms with Crippen LogP contribution < -0.4 is 24.8 Å². The minimum atomic E-state index is -2.79. The highest BCUT2D eigenvalue weighted by Crippen LogP contribution is 2.31. The number of hydrogen-bond acceptors (Lipinski definition) is 8. The maximum atomic E-state index is 6.69. The van der Waals surface area contributed by atoms with Gasteiger partial charge >= 0.3 is 17.6 Å². The van der Waals surface area contributed by atoms with Crippen molar-refractivity contribution in [1.82, 2.24) is 0 Å². The summed E-state index contributed by atoms with van der Waals surface area (Å²) < 4.78 is 38.2. The molecule has 14 heteroatoms. The van der Waals surface area contributed by atoms with Crippen LogP contribution in [0.25, 0.3) is 0 Å². The smallest absolute Gasteiger partial charge is 0.506 e. The van der Waals surface area contributed by atoms with Crippen LogP contribution in [0.4, 0.5) is 0 Å². The molecule has 0 aliphatic carbocycles. The van der Waals surface area contributed by atoms with Crippen LogP contribution in [-0.4, -0.2) is 120 Å². The molecule has 0 radical (unpaired) electrons. The van der Waals surface area contributed by atoms with Crippen molar-refractivity contribution in [3.63, 3.8) is 0 Å². The number of unbranched alkanes of at least 4 members (excludes halogenated alkanes) is 32. The average molecular weight is 1370 g/mol. The first-order valence-electron chi connectivity index (χ1n) is 39.2. The van der Waals surface area contributed by atoms with Crippen molar-refractivity contribution in [2.45, 2.75) is 396 Å². The quantitative estimate of drug-likeness (QED) is 0.0196. The van der Waals surface area contributed by atoms with Crippen LogP contribution in [0.15, 0.2) is 24.3 Å². The van der Waals surface area contributed by atoms with E-state index in [1.807, 2.05) is 41.5 Å². The molecule has 0 fully saturated rings. The second-order valence-corrected chi connectivity index (χ2v) is 33.1. The molecule has 4 atom stereocenters. The standard InChI is InChI=1S/2C37H78NO4Si.C3H8.2ClH/c2*1-9-14-16-18-20-22-23-24-25-26-28-30-32-34-37(33-31-29-27-21-19-17-15-10-2)38(7,8)39-35-36(6)43(40-11-3,41-12-4)42-13-5;1-3-2;;/h2*27,29,36-37H,9-26,28,30-35H2,1-8H3;3H2,1-2H3;2*1H/q2*+1;;;/p-2. The molecule has 0 aromatic heterocycles. The van der Waals surface area contributed by atoms with Gasteiger partial charge in [-0.1, -0.05) is 279 Å². The molecule has 10 nitrogen and oxygen atoms in total. The number of nitrogens with zero attached hydrogens (tertiary/aromatic N) is 2. The zero-order chi connectivity index (χ0) is 66.9. The van der Waals surface area contributed by atoms with Gasteiger partial charge in [0.05, 0.1) is 39.3 Å². The van der Waals surface area contributed by atoms with Crippen molar-refractivity contribution < 1.29 is 70.3 Å². The van der Waals surface area contributed by atoms with Gasteiger partial charge in [-0.2, -0.15) is 9.29 Å². The molecule has 4 unspecified atom stereocenters. The van der Waals surface area contributed by atoms with E-state index in [-0.39, 0.29) is 35.9 Å². The highest BCUT2D eigenvalue weighted by molar-refractivity contribution is 6.62. The summed E-state index contributed by atoms with van der Waals surface area (Å²) in [7, 11) is 3.42. The maximum Gasteiger partial charge on any atom is 0.506 e. The minimum Gasteiger partial charge on any atom is -1.00 e. The average Bonchev–Trinajstić information content (AvgIpc) is 3.70. The van der Waals surface area contributed by atoms with Crippen molar-refractivity contribution in [2.75, 3.05) is 81.0 Å². The summed E-state index contributed by atoms with van der Waals surface area (Å²) in [5.41, 5.74) is 0.175. The zero-order valence-corrected chi connectivity index (χ0v) is 68.1. The highest BCUT2D eigenvalue weighted by atomic mass is 35.5. The van der Waals surface area contributed by atoms with Crippen LogP contribution in [0.2, 0.25) is 11.1 Å². The molecule has 0 rings (SSSR count). The predicted molar refractivity (Wildman–Crippen MR) is 395 cm³/mol. The Kier molecular flexibility index (Phi) is 79.8. The fraction of sp³-hybridized carbons (Fsp3) is 0.948. The Morgan fingerprint density at radius 1 is 0.275 bits per heavy atom. The SMILES string of the molecule is CCC.CCCCCCC=CCCC(CCCCCCCCCCCCCCC)[N+](C)(C)OCC(C)[Si](OCC)(OCC)OCC.CCCCCCC=CCCC(CCCCCCCCCCCCCCC)[N+](C)(C)OCC(C)[Si](OCC)(OCC)OCC.[Cl-].[Cl-]. The van der Waals surface area contributed by atoms with E-state index in [0.29, 0.717) is 74.2 Å². The van der Waals surface area contributed by atoms with Crippen LogP contribution in [0, 0.1) is 0 Å². The first-order valence-corrected chi connectivity index (χ1v) is 42.8. The number of rotatable bonds is 66. The lowest BCUT2D eigenvalue weighted by Crippen LogP contribution is -3.00. The van der Waals surface area contributed by atoms with Crippen LogP contribution in [-0.2, 0) is 36.2 Å². The molecule has 0 aliphatic rings. The first kappa shape index (κ1) is 99.8. The van der Waals surface area contributed by atoms with E-state index in [2.05, 4.69) is 108 Å². The lowest BCUT2D eigenvalue weighted by atomic mass is 10.00. The Morgan fingerprint density at radius 2 is 0.473 bits per heavy atom. The summed E-state index contributed by atoms with van der Waals surface area (Å²) >= 11 is 0. The minimum absolute atomic E-state index is 0. The fourth-order valence-electron chi connectivity index (χ4n) is 12.1. The van der Waals surface area contributed by atoms with Crippen LogP contribution in [0.3, 0.4) is 0 Å². The molecular formula is C77H164Cl2N2O8Si2. The summed E-state index contributed by atoms with van der Waals surface area (Å²) in [6.07, 6.45) is 67.4. The number of hydroxylamine groups is 6. The second kappa shape index (κ2) is 72.8. The first-order chi connectivity index (χ1) is 43.1. The van der Waals surface area contributed by atoms with Crippen molar-refractivity contribution >= 4 is 17.6 Å². The van der Waals surface area contributed by atoms with Crippen molar-refractivity contribution in [2.24, 2.45) is 0 Å². The Bertz CT molecular complexity index is 1330. The van der Waals surface area contributed by atoms with E-state index in [9.17, 15) is 0 Å². The molecule has 0 N–H and O–H groups in total. The number of allylic oxidation sites excluding steroid dienone is 4. The summed E-state index contributed by atoms with van der Waals surface area (Å²) in [6, 6.07) is 0.957. The summed E-state index contributed by atoms with van der Waals surface area (Å²) in [4.78, 5) is 13.4. The molecule has 0 aromatic carbocycles. The summed E-state index contributed by atoms with van der Waals surface area (Å²) in [5, 5.41) is 0. The van der Waals surface area contributed by atoms with Crippen LogP contribution in [0.1, 0.15) is 373 Å². The van der Waals surface area contributed by atoms with E-state index < -0.39 is 17.6 Å². The van der Waals surface area contributed by atoms with Crippen molar-refractivity contribution in [3.05, 3.63) is 24.3 Å². The van der Waals surface area contributed by atoms with Gasteiger partial charge in [0.15, 0.2) is 0 Å². The van der Waals surface area contributed by atoms with Gasteiger partial charge in [-0.15, -0.1) is 0 Å². The molecule has 0 aliphatic heterocycles. The third-order valence-electron chi connectivity index (χ3n) is 17.8. The predicted octanol–water partition coefficient (Wildman–Crippen LogP) is 18.6. The molecule has 0 heterocycles. The Balaban J connectivity index is -0.000000508. The van der Waals surface area contributed by atoms with Gasteiger partial charge in [0.2, 0.25) is 0 Å². The second-order valence-electron chi connectivity index (χ2n) is 26.9. The molecule has 0 bridgehead atoms. The van der Waals surface area contributed by atoms with Gasteiger partial charge in [0.25, 0.3) is 0 Å². The zero-order valence-electron chi connectivity index (χ0n) is 64.6. The molecule has 0 amide bonds. The molecule has 91 heavy (non-hydrogen) atoms. The fourth-order valence-corrected chi connectivity index (χ4v) is 17.3. The number of halogens is 2. The van der Waals surface area contributed by atoms with Gasteiger partial charge in [0.1, 0.15) is 25.3 Å². The van der Waals surface area contributed by atoms with Crippen molar-refractivity contribution in [3.8, 4) is 0 Å². The number of quaternary nitrogens is 2. The molecule has 0 spiro atoms. The molecule has 0 saturated heterocycles. The Hall–Kier alpha value is 0.0938. The van der Waals surface area contributed by atoms with Gasteiger partial charge in [-0.3, -0.25) is 0 Å². The van der Waals surface area contributed by atoms with Gasteiger partial charge in [0, 0.05) is 65.3 Å². The third kappa shape index (κ3) is 57.7. The normalized spacial score (nSPS) is 13.6. The van der Waals surface area contributed by atoms with Gasteiger partial charge in [-0.25, -0.2) is 9.68 Å². The van der Waals surface area contributed by atoms with Crippen LogP contribution in [0.5, 0.6) is 0 Å². The Labute approximate surface area is 586 Å². The summed E-state index contributed by atoms with van der Waals surface area (Å²) in [6.45, 7) is 34.7. The van der Waals surface area contributed by atoms with E-state index in [1.54, 1.807) is 0 Å². The molecule has 0 aromatic rings. The molecule has 552 valence electrons. The monoisotopic (exact) mass is 1370 g/mol. The third-order valence-corrected chi connectivity index (χ3v) is 24.6. The lowest BCUT2D eigenvalue weighted by Gasteiger charge is -2.38. The topological polar surface area (TPSA) is 73.8 Å². The molecule has 0 saturated carbocycles. The molecular weight excluding hydrogens is 1210 g/mol. The van der Waals surface area contributed by atoms with E-state index in [1.165, 1.54) is 250 Å². The Morgan fingerprint density at radius 3 is 0.692 bits per heavy atom. The van der Waals surface area contributed by atoms with E-state index >= 15 is 0 Å². The van der Waals surface area contributed by atoms with Crippen LogP contribution >= 0.6 is 0 Å². The summed E-state index contributed by atoms with van der Waals surface area (Å²) in [5.74, 6) is 0. The highest BCUT2D eigenvalue weighted by Gasteiger charge is 2.49. The lowest BCUT2D eigenvalue weighted by molar-refractivity contribution is -1.10. The number of hydrogen-bond donors (Lipinski definition) is 0. The maximum absolute atomic E-state index is 6.69. The van der Waals surface area contributed by atoms with E-state index in [4.69, 9.17) is 36.2 Å².